The minimum Gasteiger partial charge on any atom is -0.339 e. The summed E-state index contributed by atoms with van der Waals surface area (Å²) in [7, 11) is -1.93. The lowest BCUT2D eigenvalue weighted by Crippen LogP contribution is -2.13. The fourth-order valence-corrected chi connectivity index (χ4v) is 2.97. The molecule has 1 aromatic heterocycles. The average molecular weight is 330 g/mol. The molecule has 0 bridgehead atoms. The number of halogens is 1. The van der Waals surface area contributed by atoms with Crippen molar-refractivity contribution in [2.75, 3.05) is 4.72 Å². The van der Waals surface area contributed by atoms with Crippen LogP contribution in [0.2, 0.25) is 0 Å². The molecule has 0 spiro atoms. The van der Waals surface area contributed by atoms with E-state index in [4.69, 9.17) is 0 Å². The highest BCUT2D eigenvalue weighted by Gasteiger charge is 2.18. The highest BCUT2D eigenvalue weighted by atomic mass is 79.9. The monoisotopic (exact) mass is 329 g/mol. The zero-order chi connectivity index (χ0) is 13.3. The number of aromatic nitrogens is 2. The molecule has 0 fully saturated rings. The molecule has 18 heavy (non-hydrogen) atoms. The van der Waals surface area contributed by atoms with Gasteiger partial charge in [0.15, 0.2) is 5.03 Å². The Bertz CT molecular complexity index is 679. The van der Waals surface area contributed by atoms with Gasteiger partial charge in [0.05, 0.1) is 12.0 Å². The van der Waals surface area contributed by atoms with Gasteiger partial charge in [0.25, 0.3) is 10.0 Å². The molecule has 1 aromatic carbocycles. The Balaban J connectivity index is 2.36. The van der Waals surface area contributed by atoms with Crippen LogP contribution in [0.4, 0.5) is 5.69 Å². The van der Waals surface area contributed by atoms with Gasteiger partial charge in [0.2, 0.25) is 0 Å². The molecule has 0 unspecified atom stereocenters. The minimum atomic E-state index is -3.64. The van der Waals surface area contributed by atoms with E-state index >= 15 is 0 Å². The van der Waals surface area contributed by atoms with Gasteiger partial charge in [-0.25, -0.2) is 4.98 Å². The van der Waals surface area contributed by atoms with Crippen molar-refractivity contribution in [3.05, 3.63) is 40.8 Å². The van der Waals surface area contributed by atoms with Crippen molar-refractivity contribution >= 4 is 31.6 Å². The molecular weight excluding hydrogens is 318 g/mol. The summed E-state index contributed by atoms with van der Waals surface area (Å²) in [5, 5.41) is -0.00148. The first-order valence-corrected chi connectivity index (χ1v) is 7.43. The SMILES string of the molecule is Cc1ccc(Br)c(NS(=O)(=O)c2cn(C)cn2)c1. The summed E-state index contributed by atoms with van der Waals surface area (Å²) in [6, 6.07) is 5.44. The van der Waals surface area contributed by atoms with Crippen molar-refractivity contribution in [1.82, 2.24) is 9.55 Å². The molecular formula is C11H12BrN3O2S. The van der Waals surface area contributed by atoms with Crippen molar-refractivity contribution in [1.29, 1.82) is 0 Å². The van der Waals surface area contributed by atoms with Gasteiger partial charge in [-0.15, -0.1) is 0 Å². The Morgan fingerprint density at radius 2 is 2.11 bits per heavy atom. The second-order valence-corrected chi connectivity index (χ2v) is 6.45. The van der Waals surface area contributed by atoms with E-state index in [9.17, 15) is 8.42 Å². The number of aryl methyl sites for hydroxylation is 2. The molecule has 0 aliphatic carbocycles. The summed E-state index contributed by atoms with van der Waals surface area (Å²) in [6.07, 6.45) is 2.89. The van der Waals surface area contributed by atoms with Crippen LogP contribution in [0.3, 0.4) is 0 Å². The second-order valence-electron chi connectivity index (χ2n) is 3.97. The third-order valence-corrected chi connectivity index (χ3v) is 4.26. The summed E-state index contributed by atoms with van der Waals surface area (Å²) < 4.78 is 28.9. The van der Waals surface area contributed by atoms with Crippen LogP contribution >= 0.6 is 15.9 Å². The number of nitrogens with zero attached hydrogens (tertiary/aromatic N) is 2. The highest BCUT2D eigenvalue weighted by molar-refractivity contribution is 9.10. The van der Waals surface area contributed by atoms with Crippen LogP contribution in [0.15, 0.2) is 40.2 Å². The lowest BCUT2D eigenvalue weighted by atomic mass is 10.2. The Kier molecular flexibility index (Phi) is 3.45. The predicted molar refractivity (Wildman–Crippen MR) is 72.9 cm³/mol. The molecule has 0 aliphatic rings. The molecule has 1 N–H and O–H groups in total. The van der Waals surface area contributed by atoms with Crippen molar-refractivity contribution in [3.63, 3.8) is 0 Å². The largest absolute Gasteiger partial charge is 0.339 e. The molecule has 1 heterocycles. The maximum atomic E-state index is 12.1. The van der Waals surface area contributed by atoms with Crippen molar-refractivity contribution in [2.45, 2.75) is 11.9 Å². The number of hydrogen-bond donors (Lipinski definition) is 1. The number of anilines is 1. The van der Waals surface area contributed by atoms with E-state index in [1.54, 1.807) is 23.7 Å². The van der Waals surface area contributed by atoms with E-state index in [2.05, 4.69) is 25.6 Å². The molecule has 0 saturated carbocycles. The molecule has 0 atom stereocenters. The molecule has 2 rings (SSSR count). The van der Waals surface area contributed by atoms with E-state index in [-0.39, 0.29) is 5.03 Å². The van der Waals surface area contributed by atoms with E-state index < -0.39 is 10.0 Å². The predicted octanol–water partition coefficient (Wildman–Crippen LogP) is 2.29. The van der Waals surface area contributed by atoms with E-state index in [0.717, 1.165) is 5.56 Å². The van der Waals surface area contributed by atoms with Crippen LogP contribution in [0.1, 0.15) is 5.56 Å². The van der Waals surface area contributed by atoms with Gasteiger partial charge in [0.1, 0.15) is 0 Å². The zero-order valence-corrected chi connectivity index (χ0v) is 12.3. The molecule has 2 aromatic rings. The standard InChI is InChI=1S/C11H12BrN3O2S/c1-8-3-4-9(12)10(5-8)14-18(16,17)11-6-15(2)7-13-11/h3-7,14H,1-2H3. The lowest BCUT2D eigenvalue weighted by Gasteiger charge is -2.08. The first-order valence-electron chi connectivity index (χ1n) is 5.15. The number of benzene rings is 1. The third-order valence-electron chi connectivity index (χ3n) is 2.32. The van der Waals surface area contributed by atoms with Crippen molar-refractivity contribution in [3.8, 4) is 0 Å². The summed E-state index contributed by atoms with van der Waals surface area (Å²) in [5.41, 5.74) is 1.47. The maximum Gasteiger partial charge on any atom is 0.280 e. The van der Waals surface area contributed by atoms with Crippen molar-refractivity contribution in [2.24, 2.45) is 7.05 Å². The molecule has 7 heteroatoms. The molecule has 5 nitrogen and oxygen atoms in total. The fraction of sp³-hybridized carbons (Fsp3) is 0.182. The summed E-state index contributed by atoms with van der Waals surface area (Å²) in [6.45, 7) is 1.89. The average Bonchev–Trinajstić information content (AvgIpc) is 2.71. The van der Waals surface area contributed by atoms with Crippen LogP contribution in [0, 0.1) is 6.92 Å². The topological polar surface area (TPSA) is 64.0 Å². The van der Waals surface area contributed by atoms with Gasteiger partial charge in [0, 0.05) is 17.7 Å². The van der Waals surface area contributed by atoms with E-state index in [1.807, 2.05) is 13.0 Å². The number of sulfonamides is 1. The Morgan fingerprint density at radius 3 is 2.72 bits per heavy atom. The Labute approximate surface area is 114 Å². The van der Waals surface area contributed by atoms with Gasteiger partial charge in [-0.3, -0.25) is 4.72 Å². The van der Waals surface area contributed by atoms with Gasteiger partial charge >= 0.3 is 0 Å². The fourth-order valence-electron chi connectivity index (χ4n) is 1.44. The van der Waals surface area contributed by atoms with Crippen LogP contribution in [0.5, 0.6) is 0 Å². The lowest BCUT2D eigenvalue weighted by molar-refractivity contribution is 0.598. The zero-order valence-electron chi connectivity index (χ0n) is 9.88. The molecule has 0 saturated heterocycles. The quantitative estimate of drug-likeness (QED) is 0.939. The van der Waals surface area contributed by atoms with Crippen molar-refractivity contribution < 1.29 is 8.42 Å². The molecule has 96 valence electrons. The third kappa shape index (κ3) is 2.73. The first-order chi connectivity index (χ1) is 8.38. The Morgan fingerprint density at radius 1 is 1.39 bits per heavy atom. The van der Waals surface area contributed by atoms with Gasteiger partial charge < -0.3 is 4.57 Å². The molecule has 0 amide bonds. The number of rotatable bonds is 3. The number of hydrogen-bond acceptors (Lipinski definition) is 3. The number of imidazole rings is 1. The normalized spacial score (nSPS) is 11.5. The van der Waals surface area contributed by atoms with Gasteiger partial charge in [-0.05, 0) is 40.5 Å². The maximum absolute atomic E-state index is 12.1. The highest BCUT2D eigenvalue weighted by Crippen LogP contribution is 2.25. The van der Waals surface area contributed by atoms with Crippen LogP contribution in [-0.4, -0.2) is 18.0 Å². The Hall–Kier alpha value is -1.34. The van der Waals surface area contributed by atoms with Gasteiger partial charge in [-0.2, -0.15) is 8.42 Å². The van der Waals surface area contributed by atoms with Crippen LogP contribution in [-0.2, 0) is 17.1 Å². The van der Waals surface area contributed by atoms with Crippen LogP contribution in [0.25, 0.3) is 0 Å². The van der Waals surface area contributed by atoms with Gasteiger partial charge in [-0.1, -0.05) is 6.07 Å². The minimum absolute atomic E-state index is 0.00148. The van der Waals surface area contributed by atoms with E-state index in [0.29, 0.717) is 10.2 Å². The smallest absolute Gasteiger partial charge is 0.280 e. The molecule has 0 radical (unpaired) electrons. The van der Waals surface area contributed by atoms with E-state index in [1.165, 1.54) is 12.5 Å². The summed E-state index contributed by atoms with van der Waals surface area (Å²) in [4.78, 5) is 3.83. The first kappa shape index (κ1) is 13.1. The molecule has 0 aliphatic heterocycles. The van der Waals surface area contributed by atoms with Crippen LogP contribution < -0.4 is 4.72 Å². The summed E-state index contributed by atoms with van der Waals surface area (Å²) >= 11 is 3.31. The number of nitrogens with one attached hydrogen (secondary N) is 1. The second kappa shape index (κ2) is 4.74. The summed E-state index contributed by atoms with van der Waals surface area (Å²) in [5.74, 6) is 0.